The van der Waals surface area contributed by atoms with E-state index in [0.29, 0.717) is 10.3 Å². The van der Waals surface area contributed by atoms with E-state index in [1.807, 2.05) is 0 Å². The van der Waals surface area contributed by atoms with E-state index >= 15 is 0 Å². The fourth-order valence-corrected chi connectivity index (χ4v) is 27.5. The van der Waals surface area contributed by atoms with Crippen LogP contribution in [-0.2, 0) is 12.3 Å². The first-order chi connectivity index (χ1) is 27.8. The third-order valence-electron chi connectivity index (χ3n) is 16.5. The second-order valence-corrected chi connectivity index (χ2v) is 38.1. The lowest BCUT2D eigenvalue weighted by Crippen LogP contribution is -2.57. The Balaban J connectivity index is 1.09. The zero-order chi connectivity index (χ0) is 39.6. The Morgan fingerprint density at radius 1 is 0.483 bits per heavy atom. The van der Waals surface area contributed by atoms with Crippen molar-refractivity contribution >= 4 is 75.0 Å². The van der Waals surface area contributed by atoms with Gasteiger partial charge in [0.05, 0.1) is 38.1 Å². The van der Waals surface area contributed by atoms with Gasteiger partial charge < -0.3 is 0 Å². The molecule has 8 aliphatic carbocycles. The number of hydrogen-bond donors (Lipinski definition) is 0. The van der Waals surface area contributed by atoms with E-state index in [1.54, 1.807) is 98.6 Å². The monoisotopic (exact) mass is 836 g/mol. The predicted octanol–water partition coefficient (Wildman–Crippen LogP) is 12.4. The SMILES string of the molecule is C[Si](C)(C)c1cc(CP(c2ccc3ccccc3n2)c2ccc3ccccc3n2)c(CP(C23CC4CC(CC(C4)C2)C3)C23CC4CC(CC(C4)C2)C3)cc1[Si](C)(C)C. The molecular weight excluding hydrogens is 771 g/mol. The van der Waals surface area contributed by atoms with Gasteiger partial charge in [-0.1, -0.05) is 118 Å². The zero-order valence-electron chi connectivity index (χ0n) is 36.2. The highest BCUT2D eigenvalue weighted by molar-refractivity contribution is 7.71. The van der Waals surface area contributed by atoms with Gasteiger partial charge in [0.2, 0.25) is 0 Å². The number of para-hydroxylation sites is 2. The lowest BCUT2D eigenvalue weighted by Gasteiger charge is -2.67. The van der Waals surface area contributed by atoms with E-state index in [2.05, 4.69) is 124 Å². The van der Waals surface area contributed by atoms with Crippen LogP contribution in [0.3, 0.4) is 0 Å². The second kappa shape index (κ2) is 14.2. The number of hydrogen-bond acceptors (Lipinski definition) is 2. The highest BCUT2D eigenvalue weighted by atomic mass is 31.1. The molecule has 5 aromatic rings. The quantitative estimate of drug-likeness (QED) is 0.103. The van der Waals surface area contributed by atoms with Crippen LogP contribution in [0.25, 0.3) is 21.8 Å². The first-order valence-electron chi connectivity index (χ1n) is 23.2. The Kier molecular flexibility index (Phi) is 9.44. The standard InChI is InChI=1S/C52H66N2P2Si2/c1-57(2,3)47-25-43(33-55(49-17-15-41-11-7-9-13-45(41)53-49)50-18-16-42-12-8-10-14-46(42)54-50)44(26-48(47)58(4,5)6)34-56(51-27-35-19-36(28-51)21-37(20-35)29-51)52-30-38-22-39(31-52)24-40(23-38)32-52/h7-18,25-26,35-40H,19-24,27-34H2,1-6H3. The summed E-state index contributed by atoms with van der Waals surface area (Å²) < 4.78 is 0. The maximum absolute atomic E-state index is 5.51. The summed E-state index contributed by atoms with van der Waals surface area (Å²) in [7, 11) is -4.31. The fourth-order valence-electron chi connectivity index (χ4n) is 14.9. The van der Waals surface area contributed by atoms with Crippen LogP contribution in [0, 0.1) is 35.5 Å². The topological polar surface area (TPSA) is 25.8 Å². The van der Waals surface area contributed by atoms with Crippen molar-refractivity contribution in [2.75, 3.05) is 0 Å². The van der Waals surface area contributed by atoms with E-state index in [9.17, 15) is 0 Å². The van der Waals surface area contributed by atoms with E-state index in [0.717, 1.165) is 52.7 Å². The highest BCUT2D eigenvalue weighted by Crippen LogP contribution is 2.79. The molecule has 2 heterocycles. The number of pyridine rings is 2. The molecule has 0 unspecified atom stereocenters. The van der Waals surface area contributed by atoms with Crippen molar-refractivity contribution in [3.63, 3.8) is 0 Å². The summed E-state index contributed by atoms with van der Waals surface area (Å²) in [5.74, 6) is 6.10. The molecule has 0 aliphatic heterocycles. The summed E-state index contributed by atoms with van der Waals surface area (Å²) >= 11 is 0. The van der Waals surface area contributed by atoms with Gasteiger partial charge in [-0.2, -0.15) is 0 Å². The van der Waals surface area contributed by atoms with Crippen molar-refractivity contribution in [3.05, 3.63) is 96.1 Å². The number of aromatic nitrogens is 2. The third-order valence-corrected chi connectivity index (χ3v) is 27.1. The molecule has 6 heteroatoms. The molecule has 58 heavy (non-hydrogen) atoms. The van der Waals surface area contributed by atoms with Crippen LogP contribution < -0.4 is 21.2 Å². The molecule has 0 radical (unpaired) electrons. The lowest BCUT2D eigenvalue weighted by atomic mass is 9.55. The van der Waals surface area contributed by atoms with Gasteiger partial charge in [0.15, 0.2) is 0 Å². The molecule has 0 amide bonds. The molecule has 0 spiro atoms. The zero-order valence-corrected chi connectivity index (χ0v) is 40.0. The number of fused-ring (bicyclic) bond motifs is 2. The molecule has 2 aromatic heterocycles. The summed E-state index contributed by atoms with van der Waals surface area (Å²) in [4.78, 5) is 11.0. The Hall–Kier alpha value is -2.23. The van der Waals surface area contributed by atoms with Crippen LogP contribution in [0.4, 0.5) is 0 Å². The molecule has 3 aromatic carbocycles. The minimum absolute atomic E-state index is 0.165. The predicted molar refractivity (Wildman–Crippen MR) is 258 cm³/mol. The van der Waals surface area contributed by atoms with Crippen LogP contribution in [0.2, 0.25) is 39.3 Å². The maximum Gasteiger partial charge on any atom is 0.0774 e. The Morgan fingerprint density at radius 2 is 0.845 bits per heavy atom. The summed E-state index contributed by atoms with van der Waals surface area (Å²) in [6, 6.07) is 32.6. The minimum atomic E-state index is -1.66. The second-order valence-electron chi connectivity index (χ2n) is 22.8. The average Bonchev–Trinajstić information content (AvgIpc) is 3.17. The molecule has 8 saturated carbocycles. The summed E-state index contributed by atoms with van der Waals surface area (Å²) in [5.41, 5.74) is 8.12. The van der Waals surface area contributed by atoms with Gasteiger partial charge in [-0.3, -0.25) is 0 Å². The highest BCUT2D eigenvalue weighted by Gasteiger charge is 2.62. The van der Waals surface area contributed by atoms with Gasteiger partial charge in [-0.25, -0.2) is 9.97 Å². The maximum atomic E-state index is 5.51. The van der Waals surface area contributed by atoms with Crippen LogP contribution >= 0.6 is 15.8 Å². The Morgan fingerprint density at radius 3 is 1.22 bits per heavy atom. The molecule has 302 valence electrons. The smallest absolute Gasteiger partial charge is 0.0774 e. The number of rotatable bonds is 10. The Bertz CT molecular complexity index is 2200. The molecule has 0 atom stereocenters. The van der Waals surface area contributed by atoms with Crippen molar-refractivity contribution < 1.29 is 0 Å². The Labute approximate surface area is 353 Å². The van der Waals surface area contributed by atoms with Gasteiger partial charge in [0.25, 0.3) is 0 Å². The average molecular weight is 837 g/mol. The third kappa shape index (κ3) is 6.86. The largest absolute Gasteiger partial charge is 0.248 e. The summed E-state index contributed by atoms with van der Waals surface area (Å²) in [5, 5.41) is 7.22. The van der Waals surface area contributed by atoms with E-state index < -0.39 is 24.1 Å². The van der Waals surface area contributed by atoms with Gasteiger partial charge in [-0.15, -0.1) is 0 Å². The van der Waals surface area contributed by atoms with Crippen LogP contribution in [-0.4, -0.2) is 36.4 Å². The van der Waals surface area contributed by atoms with Gasteiger partial charge >= 0.3 is 0 Å². The molecule has 8 aliphatic rings. The molecule has 2 nitrogen and oxygen atoms in total. The van der Waals surface area contributed by atoms with Gasteiger partial charge in [0, 0.05) is 24.9 Å². The molecule has 13 rings (SSSR count). The van der Waals surface area contributed by atoms with Crippen LogP contribution in [0.1, 0.15) is 88.2 Å². The van der Waals surface area contributed by atoms with E-state index in [4.69, 9.17) is 9.97 Å². The number of nitrogens with zero attached hydrogens (tertiary/aromatic N) is 2. The molecule has 8 fully saturated rings. The molecule has 0 N–H and O–H groups in total. The fraction of sp³-hybridized carbons (Fsp3) is 0.538. The molecule has 0 saturated heterocycles. The van der Waals surface area contributed by atoms with Gasteiger partial charge in [0.1, 0.15) is 0 Å². The normalized spacial score (nSPS) is 31.8. The summed E-state index contributed by atoms with van der Waals surface area (Å²) in [6.45, 7) is 15.8. The molecular formula is C52H66N2P2Si2. The van der Waals surface area contributed by atoms with Crippen LogP contribution in [0.5, 0.6) is 0 Å². The minimum Gasteiger partial charge on any atom is -0.248 e. The number of benzene rings is 3. The summed E-state index contributed by atoms with van der Waals surface area (Å²) in [6.07, 6.45) is 21.2. The van der Waals surface area contributed by atoms with Gasteiger partial charge in [-0.05, 0) is 164 Å². The van der Waals surface area contributed by atoms with Crippen molar-refractivity contribution in [3.8, 4) is 0 Å². The van der Waals surface area contributed by atoms with Crippen molar-refractivity contribution in [1.82, 2.24) is 9.97 Å². The molecule has 8 bridgehead atoms. The lowest BCUT2D eigenvalue weighted by molar-refractivity contribution is 0.0184. The van der Waals surface area contributed by atoms with Crippen LogP contribution in [0.15, 0.2) is 84.9 Å². The first-order valence-corrected chi connectivity index (χ1v) is 33.3. The van der Waals surface area contributed by atoms with E-state index in [1.165, 1.54) is 27.8 Å². The van der Waals surface area contributed by atoms with Crippen molar-refractivity contribution in [2.45, 2.75) is 139 Å². The van der Waals surface area contributed by atoms with Crippen molar-refractivity contribution in [1.29, 1.82) is 0 Å². The van der Waals surface area contributed by atoms with Crippen molar-refractivity contribution in [2.24, 2.45) is 35.5 Å². The first kappa shape index (κ1) is 38.7. The van der Waals surface area contributed by atoms with E-state index in [-0.39, 0.29) is 7.92 Å².